The molecular formula is C7H11NO2S2. The summed E-state index contributed by atoms with van der Waals surface area (Å²) in [4.78, 5) is 21.4. The molecule has 0 radical (unpaired) electrons. The van der Waals surface area contributed by atoms with E-state index in [2.05, 4.69) is 5.32 Å². The topological polar surface area (TPSA) is 46.2 Å². The predicted octanol–water partition coefficient (Wildman–Crippen LogP) is 1.12. The molecule has 0 bridgehead atoms. The van der Waals surface area contributed by atoms with Gasteiger partial charge in [-0.3, -0.25) is 9.59 Å². The van der Waals surface area contributed by atoms with Crippen LogP contribution >= 0.6 is 24.0 Å². The Kier molecular flexibility index (Phi) is 5.92. The van der Waals surface area contributed by atoms with Crippen molar-refractivity contribution in [1.82, 2.24) is 5.32 Å². The van der Waals surface area contributed by atoms with Crippen molar-refractivity contribution in [3.05, 3.63) is 0 Å². The summed E-state index contributed by atoms with van der Waals surface area (Å²) in [6.07, 6.45) is -0.0928. The summed E-state index contributed by atoms with van der Waals surface area (Å²) in [5, 5.41) is 2.45. The summed E-state index contributed by atoms with van der Waals surface area (Å²) in [7, 11) is 0. The lowest BCUT2D eigenvalue weighted by molar-refractivity contribution is -0.126. The second-order valence-corrected chi connectivity index (χ2v) is 4.09. The van der Waals surface area contributed by atoms with Crippen LogP contribution < -0.4 is 5.32 Å². The first-order valence-corrected chi connectivity index (χ1v) is 4.91. The van der Waals surface area contributed by atoms with Crippen LogP contribution in [0.3, 0.4) is 0 Å². The number of Topliss-reactive ketones (excluding diaryl/α,β-unsaturated/α-hetero) is 1. The molecule has 0 heterocycles. The molecule has 0 fully saturated rings. The first kappa shape index (κ1) is 11.6. The van der Waals surface area contributed by atoms with Gasteiger partial charge in [-0.15, -0.1) is 0 Å². The monoisotopic (exact) mass is 205 g/mol. The zero-order chi connectivity index (χ0) is 9.56. The van der Waals surface area contributed by atoms with Crippen LogP contribution in [0.1, 0.15) is 20.3 Å². The van der Waals surface area contributed by atoms with Crippen LogP contribution in [0.15, 0.2) is 0 Å². The van der Waals surface area contributed by atoms with Crippen LogP contribution in [-0.2, 0) is 9.59 Å². The molecule has 0 unspecified atom stereocenters. The largest absolute Gasteiger partial charge is 0.311 e. The Morgan fingerprint density at radius 2 is 2.08 bits per heavy atom. The van der Waals surface area contributed by atoms with Crippen LogP contribution in [0.5, 0.6) is 0 Å². The molecular weight excluding hydrogens is 194 g/mol. The number of rotatable bonds is 3. The standard InChI is InChI=1S/C7H11NO2S2/c1-3-12-7(11)8-6(10)4-5(2)9/h3-4H2,1-2H3,(H,8,10,11). The highest BCUT2D eigenvalue weighted by molar-refractivity contribution is 8.23. The van der Waals surface area contributed by atoms with Crippen molar-refractivity contribution in [2.24, 2.45) is 0 Å². The SMILES string of the molecule is CCSC(=S)NC(=O)CC(C)=O. The van der Waals surface area contributed by atoms with E-state index in [0.29, 0.717) is 4.32 Å². The smallest absolute Gasteiger partial charge is 0.232 e. The van der Waals surface area contributed by atoms with Gasteiger partial charge in [-0.25, -0.2) is 0 Å². The normalized spacial score (nSPS) is 9.17. The van der Waals surface area contributed by atoms with Crippen molar-refractivity contribution in [3.63, 3.8) is 0 Å². The molecule has 12 heavy (non-hydrogen) atoms. The van der Waals surface area contributed by atoms with Gasteiger partial charge in [-0.2, -0.15) is 0 Å². The number of carbonyl (C=O) groups excluding carboxylic acids is 2. The molecule has 0 spiro atoms. The number of thiocarbonyl (C=S) groups is 1. The molecule has 0 aliphatic heterocycles. The second kappa shape index (κ2) is 6.14. The van der Waals surface area contributed by atoms with Crippen LogP contribution in [0.2, 0.25) is 0 Å². The molecule has 1 amide bonds. The maximum absolute atomic E-state index is 10.9. The van der Waals surface area contributed by atoms with Gasteiger partial charge in [0.2, 0.25) is 5.91 Å². The average Bonchev–Trinajstić information content (AvgIpc) is 1.84. The third-order valence-corrected chi connectivity index (χ3v) is 2.03. The number of hydrogen-bond acceptors (Lipinski definition) is 4. The molecule has 0 saturated heterocycles. The van der Waals surface area contributed by atoms with E-state index < -0.39 is 0 Å². The highest BCUT2D eigenvalue weighted by Gasteiger charge is 2.06. The number of carbonyl (C=O) groups is 2. The lowest BCUT2D eigenvalue weighted by Gasteiger charge is -2.02. The second-order valence-electron chi connectivity index (χ2n) is 2.15. The Balaban J connectivity index is 3.69. The number of thioether (sulfide) groups is 1. The van der Waals surface area contributed by atoms with Gasteiger partial charge in [0.1, 0.15) is 10.1 Å². The Morgan fingerprint density at radius 1 is 1.50 bits per heavy atom. The van der Waals surface area contributed by atoms with E-state index >= 15 is 0 Å². The highest BCUT2D eigenvalue weighted by Crippen LogP contribution is 2.00. The van der Waals surface area contributed by atoms with E-state index in [4.69, 9.17) is 12.2 Å². The highest BCUT2D eigenvalue weighted by atomic mass is 32.2. The fraction of sp³-hybridized carbons (Fsp3) is 0.571. The van der Waals surface area contributed by atoms with Gasteiger partial charge >= 0.3 is 0 Å². The van der Waals surface area contributed by atoms with Gasteiger partial charge in [0.05, 0.1) is 6.42 Å². The molecule has 1 N–H and O–H groups in total. The zero-order valence-corrected chi connectivity index (χ0v) is 8.68. The molecule has 0 aliphatic carbocycles. The van der Waals surface area contributed by atoms with Gasteiger partial charge in [-0.05, 0) is 12.7 Å². The average molecular weight is 205 g/mol. The molecule has 0 aromatic rings. The van der Waals surface area contributed by atoms with Crippen molar-refractivity contribution in [1.29, 1.82) is 0 Å². The first-order valence-electron chi connectivity index (χ1n) is 3.52. The van der Waals surface area contributed by atoms with Gasteiger partial charge in [-0.1, -0.05) is 30.9 Å². The van der Waals surface area contributed by atoms with Gasteiger partial charge in [0, 0.05) is 0 Å². The summed E-state index contributed by atoms with van der Waals surface area (Å²) < 4.78 is 0.434. The van der Waals surface area contributed by atoms with Gasteiger partial charge in [0.15, 0.2) is 0 Å². The molecule has 0 aromatic heterocycles. The number of hydrogen-bond donors (Lipinski definition) is 1. The lowest BCUT2D eigenvalue weighted by atomic mass is 10.3. The number of nitrogens with one attached hydrogen (secondary N) is 1. The van der Waals surface area contributed by atoms with Crippen molar-refractivity contribution in [2.75, 3.05) is 5.75 Å². The third kappa shape index (κ3) is 6.30. The maximum Gasteiger partial charge on any atom is 0.232 e. The van der Waals surface area contributed by atoms with Crippen LogP contribution in [0, 0.1) is 0 Å². The molecule has 68 valence electrons. The Bertz CT molecular complexity index is 204. The van der Waals surface area contributed by atoms with Crippen molar-refractivity contribution < 1.29 is 9.59 Å². The lowest BCUT2D eigenvalue weighted by Crippen LogP contribution is -2.28. The molecule has 3 nitrogen and oxygen atoms in total. The van der Waals surface area contributed by atoms with Gasteiger partial charge < -0.3 is 5.32 Å². The van der Waals surface area contributed by atoms with Crippen LogP contribution in [0.4, 0.5) is 0 Å². The predicted molar refractivity (Wildman–Crippen MR) is 54.2 cm³/mol. The van der Waals surface area contributed by atoms with Crippen molar-refractivity contribution in [3.8, 4) is 0 Å². The third-order valence-electron chi connectivity index (χ3n) is 0.926. The minimum absolute atomic E-state index is 0.0928. The quantitative estimate of drug-likeness (QED) is 0.554. The fourth-order valence-electron chi connectivity index (χ4n) is 0.551. The fourth-order valence-corrected chi connectivity index (χ4v) is 1.47. The van der Waals surface area contributed by atoms with E-state index in [1.807, 2.05) is 6.92 Å². The van der Waals surface area contributed by atoms with E-state index in [0.717, 1.165) is 5.75 Å². The summed E-state index contributed by atoms with van der Waals surface area (Å²) >= 11 is 6.18. The zero-order valence-electron chi connectivity index (χ0n) is 7.05. The van der Waals surface area contributed by atoms with E-state index in [9.17, 15) is 9.59 Å². The summed E-state index contributed by atoms with van der Waals surface area (Å²) in [5.41, 5.74) is 0. The van der Waals surface area contributed by atoms with E-state index in [1.54, 1.807) is 0 Å². The van der Waals surface area contributed by atoms with E-state index in [1.165, 1.54) is 18.7 Å². The summed E-state index contributed by atoms with van der Waals surface area (Å²) in [5.74, 6) is 0.337. The molecule has 5 heteroatoms. The summed E-state index contributed by atoms with van der Waals surface area (Å²) in [6.45, 7) is 3.31. The number of amides is 1. The van der Waals surface area contributed by atoms with Crippen LogP contribution in [-0.4, -0.2) is 21.8 Å². The molecule has 0 rings (SSSR count). The minimum Gasteiger partial charge on any atom is -0.311 e. The minimum atomic E-state index is -0.326. The van der Waals surface area contributed by atoms with E-state index in [-0.39, 0.29) is 18.1 Å². The Hall–Kier alpha value is -0.420. The molecule has 0 saturated carbocycles. The molecule has 0 aromatic carbocycles. The van der Waals surface area contributed by atoms with Crippen molar-refractivity contribution in [2.45, 2.75) is 20.3 Å². The Labute approximate surface area is 81.3 Å². The molecule has 0 atom stereocenters. The maximum atomic E-state index is 10.9. The summed E-state index contributed by atoms with van der Waals surface area (Å²) in [6, 6.07) is 0. The first-order chi connectivity index (χ1) is 5.56. The van der Waals surface area contributed by atoms with Crippen LogP contribution in [0.25, 0.3) is 0 Å². The number of ketones is 1. The van der Waals surface area contributed by atoms with Gasteiger partial charge in [0.25, 0.3) is 0 Å². The molecule has 0 aliphatic rings. The Morgan fingerprint density at radius 3 is 2.50 bits per heavy atom. The van der Waals surface area contributed by atoms with Crippen molar-refractivity contribution >= 4 is 40.0 Å².